The van der Waals surface area contributed by atoms with E-state index in [1.54, 1.807) is 0 Å². The van der Waals surface area contributed by atoms with Gasteiger partial charge >= 0.3 is 0 Å². The van der Waals surface area contributed by atoms with E-state index in [0.717, 1.165) is 26.2 Å². The number of nitrogens with zero attached hydrogens (tertiary/aromatic N) is 1. The molecule has 0 bridgehead atoms. The highest BCUT2D eigenvalue weighted by Gasteiger charge is 2.33. The SMILES string of the molecule is CCCCN(CCO)CC1(CNCCC)CCCCC1. The topological polar surface area (TPSA) is 35.5 Å². The quantitative estimate of drug-likeness (QED) is 0.573. The molecular formula is C17H36N2O. The second-order valence-corrected chi connectivity index (χ2v) is 6.59. The Morgan fingerprint density at radius 3 is 2.40 bits per heavy atom. The smallest absolute Gasteiger partial charge is 0.0558 e. The molecule has 0 aromatic carbocycles. The van der Waals surface area contributed by atoms with Crippen LogP contribution in [0.15, 0.2) is 0 Å². The molecule has 0 radical (unpaired) electrons. The van der Waals surface area contributed by atoms with Crippen LogP contribution >= 0.6 is 0 Å². The third kappa shape index (κ3) is 6.55. The van der Waals surface area contributed by atoms with Crippen LogP contribution in [0.4, 0.5) is 0 Å². The zero-order valence-electron chi connectivity index (χ0n) is 13.8. The van der Waals surface area contributed by atoms with Crippen LogP contribution in [0.25, 0.3) is 0 Å². The van der Waals surface area contributed by atoms with E-state index in [-0.39, 0.29) is 0 Å². The summed E-state index contributed by atoms with van der Waals surface area (Å²) in [6, 6.07) is 0. The minimum atomic E-state index is 0.294. The van der Waals surface area contributed by atoms with E-state index < -0.39 is 0 Å². The summed E-state index contributed by atoms with van der Waals surface area (Å²) in [6.07, 6.45) is 10.6. The van der Waals surface area contributed by atoms with Crippen molar-refractivity contribution in [1.82, 2.24) is 10.2 Å². The first-order valence-electron chi connectivity index (χ1n) is 8.80. The summed E-state index contributed by atoms with van der Waals surface area (Å²) >= 11 is 0. The van der Waals surface area contributed by atoms with E-state index in [2.05, 4.69) is 24.1 Å². The Hall–Kier alpha value is -0.120. The summed E-state index contributed by atoms with van der Waals surface area (Å²) in [6.45, 7) is 10.2. The van der Waals surface area contributed by atoms with Gasteiger partial charge in [0.15, 0.2) is 0 Å². The van der Waals surface area contributed by atoms with E-state index in [0.29, 0.717) is 12.0 Å². The predicted octanol–water partition coefficient (Wildman–Crippen LogP) is 3.03. The van der Waals surface area contributed by atoms with Crippen LogP contribution < -0.4 is 5.32 Å². The standard InChI is InChI=1S/C17H36N2O/c1-3-5-12-19(13-14-20)16-17(15-18-11-4-2)9-7-6-8-10-17/h18,20H,3-16H2,1-2H3. The first-order valence-corrected chi connectivity index (χ1v) is 8.80. The fraction of sp³-hybridized carbons (Fsp3) is 1.00. The largest absolute Gasteiger partial charge is 0.395 e. The van der Waals surface area contributed by atoms with Crippen molar-refractivity contribution in [2.45, 2.75) is 65.2 Å². The lowest BCUT2D eigenvalue weighted by Crippen LogP contribution is -2.46. The van der Waals surface area contributed by atoms with Crippen molar-refractivity contribution in [1.29, 1.82) is 0 Å². The van der Waals surface area contributed by atoms with E-state index in [1.165, 1.54) is 57.9 Å². The maximum atomic E-state index is 9.31. The Balaban J connectivity index is 2.55. The Kier molecular flexibility index (Phi) is 9.49. The average molecular weight is 284 g/mol. The molecule has 1 aliphatic carbocycles. The normalized spacial score (nSPS) is 18.6. The second-order valence-electron chi connectivity index (χ2n) is 6.59. The van der Waals surface area contributed by atoms with E-state index in [1.807, 2.05) is 0 Å². The molecule has 1 aliphatic rings. The molecule has 1 saturated carbocycles. The van der Waals surface area contributed by atoms with Gasteiger partial charge in [-0.25, -0.2) is 0 Å². The lowest BCUT2D eigenvalue weighted by Gasteiger charge is -2.41. The molecule has 1 fully saturated rings. The average Bonchev–Trinajstić information content (AvgIpc) is 2.46. The fourth-order valence-electron chi connectivity index (χ4n) is 3.49. The molecule has 0 aromatic rings. The van der Waals surface area contributed by atoms with Gasteiger partial charge in [-0.05, 0) is 44.2 Å². The van der Waals surface area contributed by atoms with Crippen LogP contribution in [0.5, 0.6) is 0 Å². The predicted molar refractivity (Wildman–Crippen MR) is 87.1 cm³/mol. The number of hydrogen-bond acceptors (Lipinski definition) is 3. The van der Waals surface area contributed by atoms with Crippen molar-refractivity contribution in [3.63, 3.8) is 0 Å². The van der Waals surface area contributed by atoms with Crippen molar-refractivity contribution >= 4 is 0 Å². The van der Waals surface area contributed by atoms with Crippen LogP contribution in [-0.2, 0) is 0 Å². The zero-order chi connectivity index (χ0) is 14.7. The molecule has 0 saturated heterocycles. The molecule has 0 unspecified atom stereocenters. The monoisotopic (exact) mass is 284 g/mol. The summed E-state index contributed by atoms with van der Waals surface area (Å²) in [5.74, 6) is 0. The highest BCUT2D eigenvalue weighted by atomic mass is 16.3. The van der Waals surface area contributed by atoms with Gasteiger partial charge in [0, 0.05) is 19.6 Å². The van der Waals surface area contributed by atoms with Gasteiger partial charge in [-0.3, -0.25) is 0 Å². The molecule has 2 N–H and O–H groups in total. The summed E-state index contributed by atoms with van der Waals surface area (Å²) < 4.78 is 0. The lowest BCUT2D eigenvalue weighted by atomic mass is 9.73. The Morgan fingerprint density at radius 1 is 1.05 bits per heavy atom. The molecule has 0 spiro atoms. The molecule has 0 aromatic heterocycles. The Bertz CT molecular complexity index is 227. The third-order valence-corrected chi connectivity index (χ3v) is 4.64. The summed E-state index contributed by atoms with van der Waals surface area (Å²) in [5.41, 5.74) is 0.455. The number of unbranched alkanes of at least 4 members (excludes halogenated alkanes) is 1. The highest BCUT2D eigenvalue weighted by Crippen LogP contribution is 2.36. The van der Waals surface area contributed by atoms with Crippen LogP contribution in [0.1, 0.15) is 65.2 Å². The minimum absolute atomic E-state index is 0.294. The first-order chi connectivity index (χ1) is 9.76. The number of rotatable bonds is 11. The second kappa shape index (κ2) is 10.6. The maximum Gasteiger partial charge on any atom is 0.0558 e. The van der Waals surface area contributed by atoms with Gasteiger partial charge in [0.1, 0.15) is 0 Å². The molecule has 1 rings (SSSR count). The maximum absolute atomic E-state index is 9.31. The molecule has 0 heterocycles. The van der Waals surface area contributed by atoms with E-state index >= 15 is 0 Å². The molecule has 3 nitrogen and oxygen atoms in total. The molecule has 120 valence electrons. The van der Waals surface area contributed by atoms with Crippen LogP contribution in [0, 0.1) is 5.41 Å². The van der Waals surface area contributed by atoms with Gasteiger partial charge in [-0.1, -0.05) is 39.5 Å². The number of aliphatic hydroxyl groups is 1. The minimum Gasteiger partial charge on any atom is -0.395 e. The van der Waals surface area contributed by atoms with Gasteiger partial charge in [0.05, 0.1) is 6.61 Å². The van der Waals surface area contributed by atoms with Crippen LogP contribution in [-0.4, -0.2) is 49.3 Å². The zero-order valence-corrected chi connectivity index (χ0v) is 13.8. The summed E-state index contributed by atoms with van der Waals surface area (Å²) in [5, 5.41) is 13.0. The van der Waals surface area contributed by atoms with Crippen molar-refractivity contribution in [2.24, 2.45) is 5.41 Å². The molecule has 0 atom stereocenters. The van der Waals surface area contributed by atoms with Crippen molar-refractivity contribution in [2.75, 3.05) is 39.3 Å². The van der Waals surface area contributed by atoms with Crippen molar-refractivity contribution < 1.29 is 5.11 Å². The van der Waals surface area contributed by atoms with Gasteiger partial charge in [0.25, 0.3) is 0 Å². The van der Waals surface area contributed by atoms with Crippen LogP contribution in [0.3, 0.4) is 0 Å². The third-order valence-electron chi connectivity index (χ3n) is 4.64. The summed E-state index contributed by atoms with van der Waals surface area (Å²) in [7, 11) is 0. The van der Waals surface area contributed by atoms with E-state index in [4.69, 9.17) is 0 Å². The molecule has 3 heteroatoms. The molecular weight excluding hydrogens is 248 g/mol. The highest BCUT2D eigenvalue weighted by molar-refractivity contribution is 4.88. The number of aliphatic hydroxyl groups excluding tert-OH is 1. The molecule has 0 amide bonds. The van der Waals surface area contributed by atoms with Crippen LogP contribution in [0.2, 0.25) is 0 Å². The first kappa shape index (κ1) is 17.9. The van der Waals surface area contributed by atoms with Crippen molar-refractivity contribution in [3.05, 3.63) is 0 Å². The number of hydrogen-bond donors (Lipinski definition) is 2. The Morgan fingerprint density at radius 2 is 1.80 bits per heavy atom. The van der Waals surface area contributed by atoms with Gasteiger partial charge in [-0.2, -0.15) is 0 Å². The van der Waals surface area contributed by atoms with Gasteiger partial charge in [-0.15, -0.1) is 0 Å². The molecule has 0 aliphatic heterocycles. The lowest BCUT2D eigenvalue weighted by molar-refractivity contribution is 0.0879. The van der Waals surface area contributed by atoms with Crippen molar-refractivity contribution in [3.8, 4) is 0 Å². The van der Waals surface area contributed by atoms with Gasteiger partial charge in [0.2, 0.25) is 0 Å². The Labute approximate surface area is 126 Å². The summed E-state index contributed by atoms with van der Waals surface area (Å²) in [4.78, 5) is 2.50. The number of nitrogens with one attached hydrogen (secondary N) is 1. The van der Waals surface area contributed by atoms with E-state index in [9.17, 15) is 5.11 Å². The fourth-order valence-corrected chi connectivity index (χ4v) is 3.49. The molecule has 20 heavy (non-hydrogen) atoms. The van der Waals surface area contributed by atoms with Gasteiger partial charge < -0.3 is 15.3 Å².